The fraction of sp³-hybridized carbons (Fsp3) is 0.750. The molecule has 0 aromatic carbocycles. The van der Waals surface area contributed by atoms with Crippen molar-refractivity contribution in [3.05, 3.63) is 12.2 Å². The average molecular weight is 193 g/mol. The van der Waals surface area contributed by atoms with Crippen LogP contribution >= 0.6 is 0 Å². The molecule has 2 nitrogen and oxygen atoms in total. The fourth-order valence-electron chi connectivity index (χ4n) is 2.57. The number of carbonyl (C=O) groups is 1. The van der Waals surface area contributed by atoms with E-state index in [2.05, 4.69) is 17.5 Å². The summed E-state index contributed by atoms with van der Waals surface area (Å²) in [6, 6.07) is 0. The highest BCUT2D eigenvalue weighted by atomic mass is 16.1. The molecule has 0 aromatic rings. The van der Waals surface area contributed by atoms with Gasteiger partial charge in [-0.3, -0.25) is 4.79 Å². The molecule has 3 atom stereocenters. The molecule has 1 fully saturated rings. The minimum Gasteiger partial charge on any atom is -0.356 e. The summed E-state index contributed by atoms with van der Waals surface area (Å²) >= 11 is 0. The Hall–Kier alpha value is -0.790. The van der Waals surface area contributed by atoms with Crippen molar-refractivity contribution in [2.75, 3.05) is 6.54 Å². The standard InChI is InChI=1S/C12H19NO/c1-8(2)12(14)13-7-11-6-9-3-4-10(11)5-9/h3-4,8-11H,5-7H2,1-2H3,(H,13,14)/t9-,10+,11-/m0/s1. The molecule has 0 radical (unpaired) electrons. The zero-order chi connectivity index (χ0) is 10.1. The van der Waals surface area contributed by atoms with Crippen LogP contribution in [0.15, 0.2) is 12.2 Å². The van der Waals surface area contributed by atoms with E-state index in [-0.39, 0.29) is 11.8 Å². The van der Waals surface area contributed by atoms with Crippen LogP contribution in [0.25, 0.3) is 0 Å². The lowest BCUT2D eigenvalue weighted by Crippen LogP contribution is -2.33. The molecule has 2 aliphatic carbocycles. The maximum atomic E-state index is 11.4. The number of nitrogens with one attached hydrogen (secondary N) is 1. The van der Waals surface area contributed by atoms with E-state index in [0.29, 0.717) is 5.92 Å². The van der Waals surface area contributed by atoms with Gasteiger partial charge in [0.25, 0.3) is 0 Å². The van der Waals surface area contributed by atoms with Crippen molar-refractivity contribution in [1.82, 2.24) is 5.32 Å². The predicted molar refractivity (Wildman–Crippen MR) is 56.7 cm³/mol. The van der Waals surface area contributed by atoms with Gasteiger partial charge < -0.3 is 5.32 Å². The van der Waals surface area contributed by atoms with Gasteiger partial charge in [0.15, 0.2) is 0 Å². The lowest BCUT2D eigenvalue weighted by atomic mass is 9.93. The molecule has 2 aliphatic rings. The summed E-state index contributed by atoms with van der Waals surface area (Å²) in [5, 5.41) is 3.04. The van der Waals surface area contributed by atoms with E-state index in [0.717, 1.165) is 18.4 Å². The van der Waals surface area contributed by atoms with Crippen LogP contribution in [0.4, 0.5) is 0 Å². The topological polar surface area (TPSA) is 29.1 Å². The molecule has 0 unspecified atom stereocenters. The molecule has 1 amide bonds. The molecular formula is C12H19NO. The van der Waals surface area contributed by atoms with E-state index in [9.17, 15) is 4.79 Å². The molecule has 0 aromatic heterocycles. The van der Waals surface area contributed by atoms with Gasteiger partial charge in [0.1, 0.15) is 0 Å². The highest BCUT2D eigenvalue weighted by Crippen LogP contribution is 2.42. The summed E-state index contributed by atoms with van der Waals surface area (Å²) in [4.78, 5) is 11.4. The van der Waals surface area contributed by atoms with E-state index in [1.807, 2.05) is 13.8 Å². The molecule has 78 valence electrons. The van der Waals surface area contributed by atoms with Crippen molar-refractivity contribution in [2.24, 2.45) is 23.7 Å². The summed E-state index contributed by atoms with van der Waals surface area (Å²) in [5.74, 6) is 2.56. The smallest absolute Gasteiger partial charge is 0.222 e. The highest BCUT2D eigenvalue weighted by Gasteiger charge is 2.35. The van der Waals surface area contributed by atoms with Crippen LogP contribution in [-0.2, 0) is 4.79 Å². The first-order valence-corrected chi connectivity index (χ1v) is 5.63. The Morgan fingerprint density at radius 1 is 1.43 bits per heavy atom. The predicted octanol–water partition coefficient (Wildman–Crippen LogP) is 1.97. The van der Waals surface area contributed by atoms with Crippen molar-refractivity contribution in [3.63, 3.8) is 0 Å². The van der Waals surface area contributed by atoms with Crippen LogP contribution in [0.2, 0.25) is 0 Å². The van der Waals surface area contributed by atoms with E-state index in [1.165, 1.54) is 12.8 Å². The molecule has 2 rings (SSSR count). The molecule has 1 saturated carbocycles. The molecule has 0 saturated heterocycles. The fourth-order valence-corrected chi connectivity index (χ4v) is 2.57. The maximum absolute atomic E-state index is 11.4. The van der Waals surface area contributed by atoms with Crippen molar-refractivity contribution in [1.29, 1.82) is 0 Å². The third-order valence-electron chi connectivity index (χ3n) is 3.48. The van der Waals surface area contributed by atoms with E-state index in [4.69, 9.17) is 0 Å². The molecule has 14 heavy (non-hydrogen) atoms. The van der Waals surface area contributed by atoms with Gasteiger partial charge in [-0.2, -0.15) is 0 Å². The van der Waals surface area contributed by atoms with Gasteiger partial charge in [-0.05, 0) is 30.6 Å². The summed E-state index contributed by atoms with van der Waals surface area (Å²) < 4.78 is 0. The molecule has 0 heterocycles. The first kappa shape index (κ1) is 9.75. The minimum atomic E-state index is 0.115. The number of rotatable bonds is 3. The largest absolute Gasteiger partial charge is 0.356 e. The Morgan fingerprint density at radius 3 is 2.71 bits per heavy atom. The van der Waals surface area contributed by atoms with Crippen LogP contribution in [0.1, 0.15) is 26.7 Å². The lowest BCUT2D eigenvalue weighted by Gasteiger charge is -2.19. The van der Waals surface area contributed by atoms with Crippen LogP contribution in [-0.4, -0.2) is 12.5 Å². The van der Waals surface area contributed by atoms with Gasteiger partial charge in [-0.25, -0.2) is 0 Å². The number of amides is 1. The third-order valence-corrected chi connectivity index (χ3v) is 3.48. The third kappa shape index (κ3) is 1.84. The van der Waals surface area contributed by atoms with E-state index >= 15 is 0 Å². The van der Waals surface area contributed by atoms with Crippen LogP contribution in [0.3, 0.4) is 0 Å². The summed E-state index contributed by atoms with van der Waals surface area (Å²) in [6.07, 6.45) is 7.27. The second kappa shape index (κ2) is 3.76. The highest BCUT2D eigenvalue weighted by molar-refractivity contribution is 5.77. The first-order valence-electron chi connectivity index (χ1n) is 5.63. The van der Waals surface area contributed by atoms with Gasteiger partial charge in [0, 0.05) is 12.5 Å². The van der Waals surface area contributed by atoms with Crippen molar-refractivity contribution >= 4 is 5.91 Å². The monoisotopic (exact) mass is 193 g/mol. The zero-order valence-corrected chi connectivity index (χ0v) is 8.99. The summed E-state index contributed by atoms with van der Waals surface area (Å²) in [7, 11) is 0. The molecule has 2 bridgehead atoms. The van der Waals surface area contributed by atoms with Gasteiger partial charge in [0.05, 0.1) is 0 Å². The van der Waals surface area contributed by atoms with Crippen LogP contribution in [0.5, 0.6) is 0 Å². The molecule has 2 heteroatoms. The number of hydrogen-bond donors (Lipinski definition) is 1. The lowest BCUT2D eigenvalue weighted by molar-refractivity contribution is -0.124. The van der Waals surface area contributed by atoms with Crippen LogP contribution in [0, 0.1) is 23.7 Å². The molecule has 0 spiro atoms. The molecule has 1 N–H and O–H groups in total. The average Bonchev–Trinajstić information content (AvgIpc) is 2.74. The molecule has 0 aliphatic heterocycles. The Bertz CT molecular complexity index is 257. The van der Waals surface area contributed by atoms with Gasteiger partial charge in [-0.15, -0.1) is 0 Å². The first-order chi connectivity index (χ1) is 6.66. The van der Waals surface area contributed by atoms with Gasteiger partial charge >= 0.3 is 0 Å². The number of fused-ring (bicyclic) bond motifs is 2. The summed E-state index contributed by atoms with van der Waals surface area (Å²) in [6.45, 7) is 4.76. The maximum Gasteiger partial charge on any atom is 0.222 e. The Kier molecular flexibility index (Phi) is 2.62. The SMILES string of the molecule is CC(C)C(=O)NC[C@@H]1C[C@H]2C=C[C@@H]1C2. The summed E-state index contributed by atoms with van der Waals surface area (Å²) in [5.41, 5.74) is 0. The van der Waals surface area contributed by atoms with E-state index < -0.39 is 0 Å². The van der Waals surface area contributed by atoms with Gasteiger partial charge in [0.2, 0.25) is 5.91 Å². The Balaban J connectivity index is 1.77. The van der Waals surface area contributed by atoms with Gasteiger partial charge in [-0.1, -0.05) is 26.0 Å². The van der Waals surface area contributed by atoms with Crippen molar-refractivity contribution in [2.45, 2.75) is 26.7 Å². The number of hydrogen-bond acceptors (Lipinski definition) is 1. The normalized spacial score (nSPS) is 34.1. The minimum absolute atomic E-state index is 0.115. The molecular weight excluding hydrogens is 174 g/mol. The zero-order valence-electron chi connectivity index (χ0n) is 8.99. The quantitative estimate of drug-likeness (QED) is 0.682. The van der Waals surface area contributed by atoms with Crippen molar-refractivity contribution < 1.29 is 4.79 Å². The van der Waals surface area contributed by atoms with Crippen molar-refractivity contribution in [3.8, 4) is 0 Å². The van der Waals surface area contributed by atoms with Crippen LogP contribution < -0.4 is 5.32 Å². The Labute approximate surface area is 85.8 Å². The Morgan fingerprint density at radius 2 is 2.21 bits per heavy atom. The second-order valence-electron chi connectivity index (χ2n) is 4.94. The second-order valence-corrected chi connectivity index (χ2v) is 4.94. The number of carbonyl (C=O) groups excluding carboxylic acids is 1. The number of allylic oxidation sites excluding steroid dienone is 2. The van der Waals surface area contributed by atoms with E-state index in [1.54, 1.807) is 0 Å².